The van der Waals surface area contributed by atoms with Crippen molar-refractivity contribution in [3.63, 3.8) is 0 Å². The molecular weight excluding hydrogens is 344 g/mol. The second kappa shape index (κ2) is 6.21. The molecule has 0 radical (unpaired) electrons. The molecule has 0 N–H and O–H groups in total. The van der Waals surface area contributed by atoms with Crippen LogP contribution in [0.25, 0.3) is 11.5 Å². The van der Waals surface area contributed by atoms with Crippen LogP contribution in [0.15, 0.2) is 14.9 Å². The van der Waals surface area contributed by atoms with Crippen molar-refractivity contribution in [2.24, 2.45) is 23.2 Å². The van der Waals surface area contributed by atoms with E-state index in [4.69, 9.17) is 13.6 Å². The minimum Gasteiger partial charge on any atom is -0.466 e. The van der Waals surface area contributed by atoms with Gasteiger partial charge in [-0.3, -0.25) is 4.79 Å². The summed E-state index contributed by atoms with van der Waals surface area (Å²) in [7, 11) is 0. The zero-order valence-electron chi connectivity index (χ0n) is 16.0. The van der Waals surface area contributed by atoms with E-state index in [1.807, 2.05) is 19.9 Å². The number of hydrogen-bond donors (Lipinski definition) is 0. The number of nitrogens with zero attached hydrogens (tertiary/aromatic N) is 2. The van der Waals surface area contributed by atoms with Gasteiger partial charge in [-0.15, -0.1) is 10.2 Å². The molecule has 4 aliphatic rings. The summed E-state index contributed by atoms with van der Waals surface area (Å²) in [6.07, 6.45) is 8.30. The quantitative estimate of drug-likeness (QED) is 0.716. The molecule has 6 rings (SSSR count). The SMILES string of the molecule is Cc1cc(-c2nnc(COC(=O)CC34CC5CC(CC(C5)C3)C4)o2)c(C)o1. The van der Waals surface area contributed by atoms with Gasteiger partial charge in [0.1, 0.15) is 11.5 Å². The third-order valence-corrected chi connectivity index (χ3v) is 6.78. The summed E-state index contributed by atoms with van der Waals surface area (Å²) in [6, 6.07) is 1.87. The van der Waals surface area contributed by atoms with Gasteiger partial charge in [0.05, 0.1) is 12.0 Å². The maximum absolute atomic E-state index is 12.5. The van der Waals surface area contributed by atoms with Gasteiger partial charge in [-0.1, -0.05) is 0 Å². The normalized spacial score (nSPS) is 31.4. The topological polar surface area (TPSA) is 78.4 Å². The molecule has 0 aliphatic heterocycles. The lowest BCUT2D eigenvalue weighted by Gasteiger charge is -2.56. The van der Waals surface area contributed by atoms with Crippen LogP contribution < -0.4 is 0 Å². The van der Waals surface area contributed by atoms with Crippen LogP contribution >= 0.6 is 0 Å². The van der Waals surface area contributed by atoms with E-state index in [2.05, 4.69) is 10.2 Å². The fraction of sp³-hybridized carbons (Fsp3) is 0.667. The van der Waals surface area contributed by atoms with E-state index < -0.39 is 0 Å². The fourth-order valence-electron chi connectivity index (χ4n) is 6.27. The second-order valence-corrected chi connectivity index (χ2v) is 9.08. The predicted molar refractivity (Wildman–Crippen MR) is 96.5 cm³/mol. The van der Waals surface area contributed by atoms with Crippen LogP contribution in [0, 0.1) is 37.0 Å². The number of aryl methyl sites for hydroxylation is 2. The first-order valence-electron chi connectivity index (χ1n) is 10.0. The van der Waals surface area contributed by atoms with Gasteiger partial charge in [-0.25, -0.2) is 0 Å². The molecule has 27 heavy (non-hydrogen) atoms. The minimum atomic E-state index is -0.132. The molecular formula is C21H26N2O4. The maximum atomic E-state index is 12.5. The molecule has 2 aromatic heterocycles. The highest BCUT2D eigenvalue weighted by Gasteiger charge is 2.51. The van der Waals surface area contributed by atoms with E-state index in [-0.39, 0.29) is 18.0 Å². The lowest BCUT2D eigenvalue weighted by Crippen LogP contribution is -2.47. The van der Waals surface area contributed by atoms with Crippen LogP contribution in [0.1, 0.15) is 62.4 Å². The summed E-state index contributed by atoms with van der Waals surface area (Å²) < 4.78 is 16.6. The first-order chi connectivity index (χ1) is 13.0. The molecule has 0 atom stereocenters. The Morgan fingerprint density at radius 2 is 1.78 bits per heavy atom. The lowest BCUT2D eigenvalue weighted by atomic mass is 9.49. The van der Waals surface area contributed by atoms with E-state index in [1.165, 1.54) is 38.5 Å². The fourth-order valence-corrected chi connectivity index (χ4v) is 6.27. The molecule has 6 nitrogen and oxygen atoms in total. The molecule has 6 heteroatoms. The monoisotopic (exact) mass is 370 g/mol. The Balaban J connectivity index is 1.20. The van der Waals surface area contributed by atoms with E-state index in [1.54, 1.807) is 0 Å². The van der Waals surface area contributed by atoms with Gasteiger partial charge in [-0.05, 0) is 81.6 Å². The molecule has 0 amide bonds. The highest BCUT2D eigenvalue weighted by atomic mass is 16.5. The number of aromatic nitrogens is 2. The van der Waals surface area contributed by atoms with Crippen molar-refractivity contribution in [1.82, 2.24) is 10.2 Å². The Hall–Kier alpha value is -2.11. The van der Waals surface area contributed by atoms with Gasteiger partial charge < -0.3 is 13.6 Å². The number of carbonyl (C=O) groups is 1. The molecule has 0 unspecified atom stereocenters. The number of furan rings is 1. The Morgan fingerprint density at radius 3 is 2.37 bits per heavy atom. The summed E-state index contributed by atoms with van der Waals surface area (Å²) in [4.78, 5) is 12.5. The van der Waals surface area contributed by atoms with Crippen molar-refractivity contribution in [3.05, 3.63) is 23.5 Å². The highest BCUT2D eigenvalue weighted by Crippen LogP contribution is 2.61. The molecule has 2 aromatic rings. The smallest absolute Gasteiger partial charge is 0.306 e. The molecule has 4 aliphatic carbocycles. The number of ether oxygens (including phenoxy) is 1. The van der Waals surface area contributed by atoms with E-state index >= 15 is 0 Å². The number of hydrogen-bond acceptors (Lipinski definition) is 6. The van der Waals surface area contributed by atoms with Crippen LogP contribution in [0.2, 0.25) is 0 Å². The summed E-state index contributed by atoms with van der Waals surface area (Å²) in [5, 5.41) is 8.06. The van der Waals surface area contributed by atoms with Crippen molar-refractivity contribution in [3.8, 4) is 11.5 Å². The molecule has 2 heterocycles. The van der Waals surface area contributed by atoms with Crippen LogP contribution in [0.4, 0.5) is 0 Å². The molecule has 0 aromatic carbocycles. The highest BCUT2D eigenvalue weighted by molar-refractivity contribution is 5.70. The van der Waals surface area contributed by atoms with Crippen molar-refractivity contribution >= 4 is 5.97 Å². The van der Waals surface area contributed by atoms with Crippen LogP contribution in [0.3, 0.4) is 0 Å². The van der Waals surface area contributed by atoms with E-state index in [9.17, 15) is 4.79 Å². The number of rotatable bonds is 5. The van der Waals surface area contributed by atoms with Crippen molar-refractivity contribution < 1.29 is 18.4 Å². The summed E-state index contributed by atoms with van der Waals surface area (Å²) in [6.45, 7) is 3.77. The molecule has 0 saturated heterocycles. The largest absolute Gasteiger partial charge is 0.466 e. The minimum absolute atomic E-state index is 0.0358. The molecule has 144 valence electrons. The van der Waals surface area contributed by atoms with Gasteiger partial charge in [0.25, 0.3) is 11.8 Å². The number of esters is 1. The maximum Gasteiger partial charge on any atom is 0.306 e. The summed E-state index contributed by atoms with van der Waals surface area (Å²) in [5.74, 6) is 4.63. The Morgan fingerprint density at radius 1 is 1.11 bits per heavy atom. The molecule has 4 saturated carbocycles. The third-order valence-electron chi connectivity index (χ3n) is 6.78. The zero-order valence-corrected chi connectivity index (χ0v) is 16.0. The average Bonchev–Trinajstić information content (AvgIpc) is 3.17. The van der Waals surface area contributed by atoms with E-state index in [0.717, 1.165) is 34.8 Å². The van der Waals surface area contributed by atoms with Gasteiger partial charge >= 0.3 is 5.97 Å². The Bertz CT molecular complexity index is 830. The zero-order chi connectivity index (χ0) is 18.6. The van der Waals surface area contributed by atoms with Gasteiger partial charge in [0, 0.05) is 0 Å². The van der Waals surface area contributed by atoms with Gasteiger partial charge in [0.15, 0.2) is 6.61 Å². The van der Waals surface area contributed by atoms with Crippen molar-refractivity contribution in [2.75, 3.05) is 0 Å². The summed E-state index contributed by atoms with van der Waals surface area (Å²) >= 11 is 0. The first-order valence-corrected chi connectivity index (χ1v) is 10.0. The lowest BCUT2D eigenvalue weighted by molar-refractivity contribution is -0.154. The van der Waals surface area contributed by atoms with Crippen molar-refractivity contribution in [1.29, 1.82) is 0 Å². The third kappa shape index (κ3) is 3.19. The first kappa shape index (κ1) is 17.0. The second-order valence-electron chi connectivity index (χ2n) is 9.08. The van der Waals surface area contributed by atoms with Gasteiger partial charge in [-0.2, -0.15) is 0 Å². The predicted octanol–water partition coefficient (Wildman–Crippen LogP) is 4.60. The Labute approximate surface area is 158 Å². The van der Waals surface area contributed by atoms with Crippen molar-refractivity contribution in [2.45, 2.75) is 65.4 Å². The van der Waals surface area contributed by atoms with Crippen LogP contribution in [0.5, 0.6) is 0 Å². The van der Waals surface area contributed by atoms with E-state index in [0.29, 0.717) is 18.2 Å². The summed E-state index contributed by atoms with van der Waals surface area (Å²) in [5.41, 5.74) is 0.975. The van der Waals surface area contributed by atoms with Crippen LogP contribution in [-0.2, 0) is 16.1 Å². The molecule has 4 fully saturated rings. The van der Waals surface area contributed by atoms with Crippen LogP contribution in [-0.4, -0.2) is 16.2 Å². The molecule has 4 bridgehead atoms. The molecule has 0 spiro atoms. The Kier molecular flexibility index (Phi) is 3.92. The number of carbonyl (C=O) groups excluding carboxylic acids is 1. The standard InChI is InChI=1S/C21H26N2O4/c1-12-3-17(13(2)26-12)20-23-22-18(27-20)11-25-19(24)10-21-7-14-4-15(8-21)6-16(5-14)9-21/h3,14-16H,4-11H2,1-2H3. The van der Waals surface area contributed by atoms with Gasteiger partial charge in [0.2, 0.25) is 0 Å². The average molecular weight is 370 g/mol.